The highest BCUT2D eigenvalue weighted by atomic mass is 19.4. The standard InChI is InChI=1S/C15H18F3NO4/c1-9(2)8-23-11-5-3-10(4-6-11)13(20)19-12(14(21)22)7-15(16,17)18/h3-6,9,12H,7-8H2,1-2H3,(H,19,20)(H,21,22). The Labute approximate surface area is 131 Å². The molecule has 1 rings (SSSR count). The molecule has 0 fully saturated rings. The molecule has 5 nitrogen and oxygen atoms in total. The highest BCUT2D eigenvalue weighted by Crippen LogP contribution is 2.22. The molecule has 0 spiro atoms. The van der Waals surface area contributed by atoms with Gasteiger partial charge < -0.3 is 15.2 Å². The molecule has 0 aromatic heterocycles. The number of benzene rings is 1. The van der Waals surface area contributed by atoms with E-state index in [0.29, 0.717) is 18.3 Å². The molecular weight excluding hydrogens is 315 g/mol. The highest BCUT2D eigenvalue weighted by molar-refractivity contribution is 5.96. The summed E-state index contributed by atoms with van der Waals surface area (Å²) in [5.74, 6) is -1.80. The summed E-state index contributed by atoms with van der Waals surface area (Å²) in [7, 11) is 0. The number of carbonyl (C=O) groups is 2. The fourth-order valence-corrected chi connectivity index (χ4v) is 1.64. The number of hydrogen-bond donors (Lipinski definition) is 2. The summed E-state index contributed by atoms with van der Waals surface area (Å²) >= 11 is 0. The number of alkyl halides is 3. The summed E-state index contributed by atoms with van der Waals surface area (Å²) in [5.41, 5.74) is 0.0512. The lowest BCUT2D eigenvalue weighted by atomic mass is 10.1. The molecule has 128 valence electrons. The van der Waals surface area contributed by atoms with E-state index in [9.17, 15) is 22.8 Å². The van der Waals surface area contributed by atoms with Gasteiger partial charge in [-0.2, -0.15) is 13.2 Å². The minimum Gasteiger partial charge on any atom is -0.493 e. The van der Waals surface area contributed by atoms with Crippen LogP contribution in [0.25, 0.3) is 0 Å². The van der Waals surface area contributed by atoms with Crippen molar-refractivity contribution in [1.82, 2.24) is 5.32 Å². The van der Waals surface area contributed by atoms with Crippen molar-refractivity contribution in [3.8, 4) is 5.75 Å². The minimum absolute atomic E-state index is 0.0512. The van der Waals surface area contributed by atoms with Crippen LogP contribution in [0.15, 0.2) is 24.3 Å². The first-order chi connectivity index (χ1) is 10.6. The lowest BCUT2D eigenvalue weighted by Gasteiger charge is -2.16. The molecule has 1 aromatic carbocycles. The number of nitrogens with one attached hydrogen (secondary N) is 1. The fourth-order valence-electron chi connectivity index (χ4n) is 1.64. The molecule has 8 heteroatoms. The number of carboxylic acids is 1. The van der Waals surface area contributed by atoms with E-state index in [0.717, 1.165) is 0 Å². The van der Waals surface area contributed by atoms with Gasteiger partial charge >= 0.3 is 12.1 Å². The number of carbonyl (C=O) groups excluding carboxylic acids is 1. The first-order valence-electron chi connectivity index (χ1n) is 6.92. The molecule has 0 aliphatic carbocycles. The Hall–Kier alpha value is -2.25. The predicted molar refractivity (Wildman–Crippen MR) is 76.3 cm³/mol. The second kappa shape index (κ2) is 7.85. The molecule has 1 amide bonds. The van der Waals surface area contributed by atoms with E-state index in [1.165, 1.54) is 24.3 Å². The van der Waals surface area contributed by atoms with E-state index < -0.39 is 30.5 Å². The maximum atomic E-state index is 12.3. The Morgan fingerprint density at radius 1 is 1.22 bits per heavy atom. The van der Waals surface area contributed by atoms with Crippen molar-refractivity contribution in [1.29, 1.82) is 0 Å². The maximum Gasteiger partial charge on any atom is 0.391 e. The first-order valence-corrected chi connectivity index (χ1v) is 6.92. The summed E-state index contributed by atoms with van der Waals surface area (Å²) in [6, 6.07) is 3.68. The van der Waals surface area contributed by atoms with Crippen LogP contribution in [-0.2, 0) is 4.79 Å². The smallest absolute Gasteiger partial charge is 0.391 e. The van der Waals surface area contributed by atoms with Gasteiger partial charge in [0.25, 0.3) is 5.91 Å². The molecule has 1 aromatic rings. The summed E-state index contributed by atoms with van der Waals surface area (Å²) < 4.78 is 42.3. The van der Waals surface area contributed by atoms with Crippen molar-refractivity contribution in [2.45, 2.75) is 32.5 Å². The van der Waals surface area contributed by atoms with E-state index in [4.69, 9.17) is 9.84 Å². The van der Waals surface area contributed by atoms with E-state index >= 15 is 0 Å². The zero-order valence-electron chi connectivity index (χ0n) is 12.7. The Bertz CT molecular complexity index is 541. The molecule has 0 bridgehead atoms. The van der Waals surface area contributed by atoms with Gasteiger partial charge in [-0.25, -0.2) is 4.79 Å². The van der Waals surface area contributed by atoms with E-state index in [2.05, 4.69) is 0 Å². The van der Waals surface area contributed by atoms with E-state index in [-0.39, 0.29) is 5.56 Å². The summed E-state index contributed by atoms with van der Waals surface area (Å²) in [6.07, 6.45) is -6.32. The number of amides is 1. The second-order valence-electron chi connectivity index (χ2n) is 5.41. The van der Waals surface area contributed by atoms with Crippen molar-refractivity contribution in [3.63, 3.8) is 0 Å². The highest BCUT2D eigenvalue weighted by Gasteiger charge is 2.36. The van der Waals surface area contributed by atoms with Crippen molar-refractivity contribution in [3.05, 3.63) is 29.8 Å². The average molecular weight is 333 g/mol. The third kappa shape index (κ3) is 7.03. The summed E-state index contributed by atoms with van der Waals surface area (Å²) in [6.45, 7) is 4.42. The van der Waals surface area contributed by atoms with Crippen molar-refractivity contribution in [2.24, 2.45) is 5.92 Å². The number of rotatable bonds is 7. The average Bonchev–Trinajstić information content (AvgIpc) is 2.43. The molecule has 0 saturated heterocycles. The fraction of sp³-hybridized carbons (Fsp3) is 0.467. The number of ether oxygens (including phenoxy) is 1. The van der Waals surface area contributed by atoms with Gasteiger partial charge in [-0.3, -0.25) is 4.79 Å². The minimum atomic E-state index is -4.69. The van der Waals surface area contributed by atoms with Crippen LogP contribution in [0.4, 0.5) is 13.2 Å². The second-order valence-corrected chi connectivity index (χ2v) is 5.41. The Balaban J connectivity index is 2.70. The van der Waals surface area contributed by atoms with Crippen LogP contribution in [0.2, 0.25) is 0 Å². The third-order valence-electron chi connectivity index (χ3n) is 2.74. The van der Waals surface area contributed by atoms with Gasteiger partial charge in [-0.15, -0.1) is 0 Å². The number of hydrogen-bond acceptors (Lipinski definition) is 3. The molecule has 2 N–H and O–H groups in total. The molecular formula is C15H18F3NO4. The van der Waals surface area contributed by atoms with Crippen molar-refractivity contribution >= 4 is 11.9 Å². The summed E-state index contributed by atoms with van der Waals surface area (Å²) in [4.78, 5) is 22.7. The molecule has 0 radical (unpaired) electrons. The van der Waals surface area contributed by atoms with Gasteiger partial charge in [0.15, 0.2) is 0 Å². The largest absolute Gasteiger partial charge is 0.493 e. The van der Waals surface area contributed by atoms with Crippen LogP contribution in [0.3, 0.4) is 0 Å². The summed E-state index contributed by atoms with van der Waals surface area (Å²) in [5, 5.41) is 10.6. The van der Waals surface area contributed by atoms with Gasteiger partial charge in [-0.05, 0) is 30.2 Å². The molecule has 0 aliphatic rings. The van der Waals surface area contributed by atoms with Gasteiger partial charge in [-0.1, -0.05) is 13.8 Å². The van der Waals surface area contributed by atoms with Crippen LogP contribution in [-0.4, -0.2) is 35.8 Å². The molecule has 1 unspecified atom stereocenters. The molecule has 23 heavy (non-hydrogen) atoms. The van der Waals surface area contributed by atoms with Crippen LogP contribution in [0.5, 0.6) is 5.75 Å². The lowest BCUT2D eigenvalue weighted by Crippen LogP contribution is -2.43. The molecule has 0 aliphatic heterocycles. The zero-order chi connectivity index (χ0) is 17.6. The third-order valence-corrected chi connectivity index (χ3v) is 2.74. The van der Waals surface area contributed by atoms with Crippen LogP contribution in [0.1, 0.15) is 30.6 Å². The topological polar surface area (TPSA) is 75.6 Å². The maximum absolute atomic E-state index is 12.3. The van der Waals surface area contributed by atoms with Gasteiger partial charge in [0.05, 0.1) is 13.0 Å². The van der Waals surface area contributed by atoms with Crippen LogP contribution < -0.4 is 10.1 Å². The quantitative estimate of drug-likeness (QED) is 0.804. The monoisotopic (exact) mass is 333 g/mol. The van der Waals surface area contributed by atoms with Gasteiger partial charge in [0, 0.05) is 5.56 Å². The Morgan fingerprint density at radius 3 is 2.22 bits per heavy atom. The normalized spacial score (nSPS) is 12.8. The van der Waals surface area contributed by atoms with E-state index in [1.807, 2.05) is 19.2 Å². The van der Waals surface area contributed by atoms with E-state index in [1.54, 1.807) is 0 Å². The lowest BCUT2D eigenvalue weighted by molar-refractivity contribution is -0.157. The first kappa shape index (κ1) is 18.8. The molecule has 0 saturated carbocycles. The number of carboxylic acid groups (broad SMARTS) is 1. The van der Waals surface area contributed by atoms with Crippen LogP contribution >= 0.6 is 0 Å². The molecule has 1 atom stereocenters. The van der Waals surface area contributed by atoms with Crippen molar-refractivity contribution in [2.75, 3.05) is 6.61 Å². The Morgan fingerprint density at radius 2 is 1.78 bits per heavy atom. The SMILES string of the molecule is CC(C)COc1ccc(C(=O)NC(CC(F)(F)F)C(=O)O)cc1. The van der Waals surface area contributed by atoms with Gasteiger partial charge in [0.1, 0.15) is 11.8 Å². The number of halogens is 3. The molecule has 0 heterocycles. The zero-order valence-corrected chi connectivity index (χ0v) is 12.7. The number of aliphatic carboxylic acids is 1. The van der Waals surface area contributed by atoms with Crippen LogP contribution in [0, 0.1) is 5.92 Å². The van der Waals surface area contributed by atoms with Crippen molar-refractivity contribution < 1.29 is 32.6 Å². The predicted octanol–water partition coefficient (Wildman–Crippen LogP) is 2.86. The Kier molecular flexibility index (Phi) is 6.41. The van der Waals surface area contributed by atoms with Gasteiger partial charge in [0.2, 0.25) is 0 Å².